The molecule has 1 unspecified atom stereocenters. The second kappa shape index (κ2) is 8.59. The quantitative estimate of drug-likeness (QED) is 0.355. The van der Waals surface area contributed by atoms with Crippen LogP contribution in [0.4, 0.5) is 5.69 Å². The Kier molecular flexibility index (Phi) is 5.45. The zero-order valence-corrected chi connectivity index (χ0v) is 18.8. The Morgan fingerprint density at radius 3 is 2.41 bits per heavy atom. The van der Waals surface area contributed by atoms with Gasteiger partial charge in [-0.05, 0) is 55.0 Å². The zero-order valence-electron chi connectivity index (χ0n) is 18.8. The largest absolute Gasteiger partial charge is 0.507 e. The van der Waals surface area contributed by atoms with E-state index in [-0.39, 0.29) is 11.3 Å². The maximum Gasteiger partial charge on any atom is 0.300 e. The van der Waals surface area contributed by atoms with Crippen LogP contribution in [-0.4, -0.2) is 37.1 Å². The summed E-state index contributed by atoms with van der Waals surface area (Å²) in [7, 11) is 1.56. The third-order valence-corrected chi connectivity index (χ3v) is 5.97. The summed E-state index contributed by atoms with van der Waals surface area (Å²) in [5.41, 5.74) is 2.60. The lowest BCUT2D eigenvalue weighted by atomic mass is 9.94. The van der Waals surface area contributed by atoms with Crippen molar-refractivity contribution in [2.24, 2.45) is 0 Å². The van der Waals surface area contributed by atoms with Crippen molar-refractivity contribution in [3.63, 3.8) is 0 Å². The molecule has 0 bridgehead atoms. The first-order chi connectivity index (χ1) is 16.5. The number of methoxy groups -OCH3 is 1. The fourth-order valence-electron chi connectivity index (χ4n) is 4.34. The van der Waals surface area contributed by atoms with Crippen LogP contribution in [0.3, 0.4) is 0 Å². The fourth-order valence-corrected chi connectivity index (χ4v) is 4.34. The van der Waals surface area contributed by atoms with E-state index >= 15 is 0 Å². The monoisotopic (exact) mass is 457 g/mol. The molecule has 3 aromatic rings. The molecule has 1 amide bonds. The number of nitrogens with zero attached hydrogens (tertiary/aromatic N) is 1. The lowest BCUT2D eigenvalue weighted by Gasteiger charge is -2.26. The molecule has 2 aliphatic heterocycles. The number of benzene rings is 3. The highest BCUT2D eigenvalue weighted by Crippen LogP contribution is 2.43. The van der Waals surface area contributed by atoms with E-state index in [9.17, 15) is 14.7 Å². The number of aliphatic hydroxyl groups excluding tert-OH is 1. The number of aliphatic hydroxyl groups is 1. The first-order valence-electron chi connectivity index (χ1n) is 10.9. The summed E-state index contributed by atoms with van der Waals surface area (Å²) in [6.45, 7) is 2.77. The number of ketones is 1. The number of hydrogen-bond acceptors (Lipinski definition) is 6. The Labute approximate surface area is 196 Å². The van der Waals surface area contributed by atoms with Crippen LogP contribution in [0.5, 0.6) is 17.2 Å². The third kappa shape index (κ3) is 3.65. The predicted molar refractivity (Wildman–Crippen MR) is 126 cm³/mol. The van der Waals surface area contributed by atoms with Gasteiger partial charge in [-0.2, -0.15) is 0 Å². The van der Waals surface area contributed by atoms with Gasteiger partial charge >= 0.3 is 0 Å². The highest BCUT2D eigenvalue weighted by molar-refractivity contribution is 6.51. The van der Waals surface area contributed by atoms with Gasteiger partial charge in [0.2, 0.25) is 0 Å². The summed E-state index contributed by atoms with van der Waals surface area (Å²) in [5, 5.41) is 11.3. The van der Waals surface area contributed by atoms with Crippen molar-refractivity contribution >= 4 is 23.1 Å². The van der Waals surface area contributed by atoms with Crippen LogP contribution in [0.2, 0.25) is 0 Å². The Bertz CT molecular complexity index is 1310. The molecule has 3 aromatic carbocycles. The van der Waals surface area contributed by atoms with Gasteiger partial charge in [0, 0.05) is 11.3 Å². The molecule has 0 aromatic heterocycles. The summed E-state index contributed by atoms with van der Waals surface area (Å²) in [4.78, 5) is 28.0. The maximum absolute atomic E-state index is 13.3. The molecule has 0 radical (unpaired) electrons. The number of aryl methyl sites for hydroxylation is 1. The summed E-state index contributed by atoms with van der Waals surface area (Å²) in [6.07, 6.45) is 0. The van der Waals surface area contributed by atoms with Crippen LogP contribution in [0, 0.1) is 6.92 Å². The average molecular weight is 457 g/mol. The van der Waals surface area contributed by atoms with Crippen LogP contribution in [0.25, 0.3) is 5.76 Å². The Morgan fingerprint density at radius 1 is 0.971 bits per heavy atom. The first kappa shape index (κ1) is 21.6. The molecule has 0 aliphatic carbocycles. The minimum absolute atomic E-state index is 0.0168. The van der Waals surface area contributed by atoms with Gasteiger partial charge in [0.05, 0.1) is 18.7 Å². The number of fused-ring (bicyclic) bond motifs is 1. The number of Topliss-reactive ketones (excluding diaryl/α,β-unsaturated/α-hetero) is 1. The Hall–Kier alpha value is -4.26. The smallest absolute Gasteiger partial charge is 0.300 e. The molecule has 34 heavy (non-hydrogen) atoms. The minimum atomic E-state index is -0.804. The van der Waals surface area contributed by atoms with E-state index in [1.807, 2.05) is 31.2 Å². The van der Waals surface area contributed by atoms with E-state index in [2.05, 4.69) is 0 Å². The van der Waals surface area contributed by atoms with Crippen molar-refractivity contribution in [1.82, 2.24) is 0 Å². The van der Waals surface area contributed by atoms with Crippen molar-refractivity contribution in [2.75, 3.05) is 25.2 Å². The van der Waals surface area contributed by atoms with Crippen molar-refractivity contribution in [1.29, 1.82) is 0 Å². The second-order valence-electron chi connectivity index (χ2n) is 8.14. The first-order valence-corrected chi connectivity index (χ1v) is 10.9. The van der Waals surface area contributed by atoms with Crippen LogP contribution < -0.4 is 19.1 Å². The molecule has 0 spiro atoms. The van der Waals surface area contributed by atoms with Gasteiger partial charge < -0.3 is 19.3 Å². The molecule has 1 fully saturated rings. The van der Waals surface area contributed by atoms with Crippen LogP contribution in [0.1, 0.15) is 22.7 Å². The SMILES string of the molecule is COc1ccc(N2C(=O)C(=O)/C(=C(\O)c3ccc4c(c3)OCCO4)C2c2cccc(C)c2)cc1. The van der Waals surface area contributed by atoms with Gasteiger partial charge in [-0.1, -0.05) is 29.8 Å². The molecule has 1 N–H and O–H groups in total. The van der Waals surface area contributed by atoms with E-state index in [4.69, 9.17) is 14.2 Å². The maximum atomic E-state index is 13.3. The predicted octanol–water partition coefficient (Wildman–Crippen LogP) is 4.40. The number of carbonyl (C=O) groups is 2. The molecule has 7 heteroatoms. The van der Waals surface area contributed by atoms with Crippen LogP contribution in [0.15, 0.2) is 72.3 Å². The molecule has 5 rings (SSSR count). The molecular formula is C27H23NO6. The molecule has 172 valence electrons. The summed E-state index contributed by atoms with van der Waals surface area (Å²) < 4.78 is 16.4. The van der Waals surface area contributed by atoms with E-state index in [0.29, 0.717) is 47.3 Å². The Morgan fingerprint density at radius 2 is 1.71 bits per heavy atom. The van der Waals surface area contributed by atoms with Gasteiger partial charge in [-0.15, -0.1) is 0 Å². The zero-order chi connectivity index (χ0) is 23.8. The number of carbonyl (C=O) groups excluding carboxylic acids is 2. The minimum Gasteiger partial charge on any atom is -0.507 e. The van der Waals surface area contributed by atoms with Crippen molar-refractivity contribution in [3.8, 4) is 17.2 Å². The van der Waals surface area contributed by atoms with Gasteiger partial charge in [0.1, 0.15) is 24.7 Å². The van der Waals surface area contributed by atoms with Crippen LogP contribution in [-0.2, 0) is 9.59 Å². The summed E-state index contributed by atoms with van der Waals surface area (Å²) in [5.74, 6) is -0.0597. The molecular weight excluding hydrogens is 434 g/mol. The fraction of sp³-hybridized carbons (Fsp3) is 0.185. The van der Waals surface area contributed by atoms with Gasteiger partial charge in [-0.25, -0.2) is 0 Å². The van der Waals surface area contributed by atoms with E-state index < -0.39 is 17.7 Å². The molecule has 1 saturated heterocycles. The lowest BCUT2D eigenvalue weighted by molar-refractivity contribution is -0.132. The Balaban J connectivity index is 1.68. The highest BCUT2D eigenvalue weighted by atomic mass is 16.6. The topological polar surface area (TPSA) is 85.3 Å². The molecule has 2 heterocycles. The van der Waals surface area contributed by atoms with Crippen molar-refractivity contribution in [2.45, 2.75) is 13.0 Å². The van der Waals surface area contributed by atoms with Crippen molar-refractivity contribution < 1.29 is 28.9 Å². The normalized spacial score (nSPS) is 18.8. The molecule has 1 atom stereocenters. The number of ether oxygens (including phenoxy) is 3. The number of rotatable bonds is 4. The van der Waals surface area contributed by atoms with E-state index in [1.54, 1.807) is 49.6 Å². The van der Waals surface area contributed by atoms with Crippen molar-refractivity contribution in [3.05, 3.63) is 89.0 Å². The molecule has 7 nitrogen and oxygen atoms in total. The van der Waals surface area contributed by atoms with Gasteiger partial charge in [0.25, 0.3) is 11.7 Å². The number of amides is 1. The van der Waals surface area contributed by atoms with E-state index in [1.165, 1.54) is 4.90 Å². The standard InChI is InChI=1S/C27H23NO6/c1-16-4-3-5-17(14-16)24-23(25(29)18-6-11-21-22(15-18)34-13-12-33-21)26(30)27(31)28(24)19-7-9-20(32-2)10-8-19/h3-11,14-15,24,29H,12-13H2,1-2H3/b25-23-. The van der Waals surface area contributed by atoms with Crippen LogP contribution >= 0.6 is 0 Å². The second-order valence-corrected chi connectivity index (χ2v) is 8.14. The van der Waals surface area contributed by atoms with Gasteiger partial charge in [0.15, 0.2) is 11.5 Å². The molecule has 0 saturated carbocycles. The van der Waals surface area contributed by atoms with Gasteiger partial charge in [-0.3, -0.25) is 14.5 Å². The number of anilines is 1. The lowest BCUT2D eigenvalue weighted by Crippen LogP contribution is -2.29. The highest BCUT2D eigenvalue weighted by Gasteiger charge is 2.47. The third-order valence-electron chi connectivity index (χ3n) is 5.97. The van der Waals surface area contributed by atoms with E-state index in [0.717, 1.165) is 5.56 Å². The number of hydrogen-bond donors (Lipinski definition) is 1. The summed E-state index contributed by atoms with van der Waals surface area (Å²) >= 11 is 0. The average Bonchev–Trinajstić information content (AvgIpc) is 3.13. The summed E-state index contributed by atoms with van der Waals surface area (Å²) in [6, 6.07) is 18.6. The molecule has 2 aliphatic rings.